The van der Waals surface area contributed by atoms with Gasteiger partial charge < -0.3 is 9.80 Å². The first-order valence-electron chi connectivity index (χ1n) is 7.64. The van der Waals surface area contributed by atoms with E-state index in [-0.39, 0.29) is 0 Å². The Morgan fingerprint density at radius 1 is 1.21 bits per heavy atom. The highest BCUT2D eigenvalue weighted by molar-refractivity contribution is 5.75. The summed E-state index contributed by atoms with van der Waals surface area (Å²) >= 11 is 0. The summed E-state index contributed by atoms with van der Waals surface area (Å²) in [6.07, 6.45) is 2.88. The second-order valence-corrected chi connectivity index (χ2v) is 6.25. The van der Waals surface area contributed by atoms with Crippen LogP contribution in [0.1, 0.15) is 33.1 Å². The molecule has 1 amide bonds. The maximum atomic E-state index is 11.9. The lowest BCUT2D eigenvalue weighted by Crippen LogP contribution is -2.47. The Bertz CT molecular complexity index is 260. The molecular weight excluding hydrogens is 238 g/mol. The van der Waals surface area contributed by atoms with E-state index < -0.39 is 0 Å². The molecule has 112 valence electrons. The Morgan fingerprint density at radius 3 is 2.42 bits per heavy atom. The number of rotatable bonds is 7. The van der Waals surface area contributed by atoms with Gasteiger partial charge in [-0.25, -0.2) is 0 Å². The number of nitrogens with zero attached hydrogens (tertiary/aromatic N) is 3. The Kier molecular flexibility index (Phi) is 7.39. The standard InChI is InChI=1S/C15H31N3O/c1-14(2)6-5-7-15(19)17(4)10-13-18-11-8-16(3)9-12-18/h14H,5-13H2,1-4H3. The lowest BCUT2D eigenvalue weighted by Gasteiger charge is -2.33. The summed E-state index contributed by atoms with van der Waals surface area (Å²) in [5, 5.41) is 0. The topological polar surface area (TPSA) is 26.8 Å². The summed E-state index contributed by atoms with van der Waals surface area (Å²) < 4.78 is 0. The van der Waals surface area contributed by atoms with Gasteiger partial charge in [0.1, 0.15) is 0 Å². The van der Waals surface area contributed by atoms with E-state index in [0.29, 0.717) is 18.2 Å². The third-order valence-electron chi connectivity index (χ3n) is 3.95. The van der Waals surface area contributed by atoms with Crippen molar-refractivity contribution in [3.63, 3.8) is 0 Å². The number of piperazine rings is 1. The Hall–Kier alpha value is -0.610. The van der Waals surface area contributed by atoms with Crippen LogP contribution in [0.3, 0.4) is 0 Å². The van der Waals surface area contributed by atoms with Crippen LogP contribution >= 0.6 is 0 Å². The van der Waals surface area contributed by atoms with Crippen LogP contribution in [0, 0.1) is 5.92 Å². The molecule has 0 saturated carbocycles. The van der Waals surface area contributed by atoms with Gasteiger partial charge in [-0.05, 0) is 19.4 Å². The molecule has 0 bridgehead atoms. The van der Waals surface area contributed by atoms with Gasteiger partial charge in [-0.1, -0.05) is 20.3 Å². The molecule has 1 heterocycles. The van der Waals surface area contributed by atoms with E-state index in [1.54, 1.807) is 0 Å². The van der Waals surface area contributed by atoms with Gasteiger partial charge in [0.05, 0.1) is 0 Å². The van der Waals surface area contributed by atoms with Crippen LogP contribution in [-0.2, 0) is 4.79 Å². The summed E-state index contributed by atoms with van der Waals surface area (Å²) in [6.45, 7) is 10.9. The summed E-state index contributed by atoms with van der Waals surface area (Å²) in [6, 6.07) is 0. The molecule has 1 rings (SSSR count). The molecule has 0 aromatic carbocycles. The minimum atomic E-state index is 0.301. The zero-order chi connectivity index (χ0) is 14.3. The summed E-state index contributed by atoms with van der Waals surface area (Å²) in [5.74, 6) is 0.998. The molecule has 0 aromatic heterocycles. The SMILES string of the molecule is CC(C)CCCC(=O)N(C)CCN1CCN(C)CC1. The highest BCUT2D eigenvalue weighted by atomic mass is 16.2. The average Bonchev–Trinajstić information content (AvgIpc) is 2.37. The predicted molar refractivity (Wildman–Crippen MR) is 80.3 cm³/mol. The predicted octanol–water partition coefficient (Wildman–Crippen LogP) is 1.52. The largest absolute Gasteiger partial charge is 0.344 e. The molecule has 1 aliphatic heterocycles. The van der Waals surface area contributed by atoms with Crippen molar-refractivity contribution < 1.29 is 4.79 Å². The van der Waals surface area contributed by atoms with Gasteiger partial charge in [0.2, 0.25) is 5.91 Å². The van der Waals surface area contributed by atoms with Crippen molar-refractivity contribution in [1.82, 2.24) is 14.7 Å². The normalized spacial score (nSPS) is 17.9. The first kappa shape index (κ1) is 16.4. The molecular formula is C15H31N3O. The van der Waals surface area contributed by atoms with Crippen LogP contribution in [0.25, 0.3) is 0 Å². The van der Waals surface area contributed by atoms with E-state index in [4.69, 9.17) is 0 Å². The van der Waals surface area contributed by atoms with Gasteiger partial charge in [0, 0.05) is 52.7 Å². The Balaban J connectivity index is 2.12. The molecule has 1 fully saturated rings. The van der Waals surface area contributed by atoms with Crippen LogP contribution in [0.15, 0.2) is 0 Å². The maximum absolute atomic E-state index is 11.9. The van der Waals surface area contributed by atoms with Gasteiger partial charge in [-0.15, -0.1) is 0 Å². The molecule has 0 spiro atoms. The summed E-state index contributed by atoms with van der Waals surface area (Å²) in [4.78, 5) is 18.7. The van der Waals surface area contributed by atoms with Crippen molar-refractivity contribution >= 4 is 5.91 Å². The third-order valence-corrected chi connectivity index (χ3v) is 3.95. The van der Waals surface area contributed by atoms with Gasteiger partial charge in [-0.3, -0.25) is 9.69 Å². The monoisotopic (exact) mass is 269 g/mol. The fourth-order valence-electron chi connectivity index (χ4n) is 2.34. The molecule has 0 unspecified atom stereocenters. The highest BCUT2D eigenvalue weighted by Crippen LogP contribution is 2.07. The van der Waals surface area contributed by atoms with Crippen molar-refractivity contribution in [2.24, 2.45) is 5.92 Å². The number of likely N-dealkylation sites (N-methyl/N-ethyl adjacent to an activating group) is 2. The van der Waals surface area contributed by atoms with Crippen molar-refractivity contribution in [2.75, 3.05) is 53.4 Å². The molecule has 1 aliphatic rings. The molecule has 0 atom stereocenters. The quantitative estimate of drug-likeness (QED) is 0.701. The molecule has 0 aliphatic carbocycles. The molecule has 19 heavy (non-hydrogen) atoms. The van der Waals surface area contributed by atoms with Crippen molar-refractivity contribution in [1.29, 1.82) is 0 Å². The van der Waals surface area contributed by atoms with Crippen LogP contribution in [0.2, 0.25) is 0 Å². The lowest BCUT2D eigenvalue weighted by molar-refractivity contribution is -0.130. The van der Waals surface area contributed by atoms with Crippen molar-refractivity contribution in [3.8, 4) is 0 Å². The molecule has 4 nitrogen and oxygen atoms in total. The number of hydrogen-bond donors (Lipinski definition) is 0. The van der Waals surface area contributed by atoms with E-state index >= 15 is 0 Å². The lowest BCUT2D eigenvalue weighted by atomic mass is 10.1. The zero-order valence-corrected chi connectivity index (χ0v) is 13.2. The molecule has 1 saturated heterocycles. The molecule has 0 radical (unpaired) electrons. The Morgan fingerprint density at radius 2 is 1.84 bits per heavy atom. The van der Waals surface area contributed by atoms with E-state index in [2.05, 4.69) is 30.7 Å². The third kappa shape index (κ3) is 6.92. The molecule has 4 heteroatoms. The number of carbonyl (C=O) groups excluding carboxylic acids is 1. The van der Waals surface area contributed by atoms with Crippen LogP contribution in [0.5, 0.6) is 0 Å². The number of amides is 1. The fourth-order valence-corrected chi connectivity index (χ4v) is 2.34. The second kappa shape index (κ2) is 8.54. The smallest absolute Gasteiger partial charge is 0.222 e. The van der Waals surface area contributed by atoms with Gasteiger partial charge in [0.15, 0.2) is 0 Å². The second-order valence-electron chi connectivity index (χ2n) is 6.25. The maximum Gasteiger partial charge on any atom is 0.222 e. The van der Waals surface area contributed by atoms with Crippen LogP contribution in [-0.4, -0.2) is 74.0 Å². The van der Waals surface area contributed by atoms with E-state index in [9.17, 15) is 4.79 Å². The van der Waals surface area contributed by atoms with E-state index in [0.717, 1.165) is 52.1 Å². The van der Waals surface area contributed by atoms with Crippen molar-refractivity contribution in [2.45, 2.75) is 33.1 Å². The summed E-state index contributed by atoms with van der Waals surface area (Å²) in [5.41, 5.74) is 0. The van der Waals surface area contributed by atoms with Gasteiger partial charge in [-0.2, -0.15) is 0 Å². The molecule has 0 aromatic rings. The average molecular weight is 269 g/mol. The van der Waals surface area contributed by atoms with Crippen LogP contribution in [0.4, 0.5) is 0 Å². The van der Waals surface area contributed by atoms with E-state index in [1.165, 1.54) is 0 Å². The van der Waals surface area contributed by atoms with Crippen LogP contribution < -0.4 is 0 Å². The zero-order valence-electron chi connectivity index (χ0n) is 13.2. The molecule has 0 N–H and O–H groups in total. The number of carbonyl (C=O) groups is 1. The minimum Gasteiger partial charge on any atom is -0.344 e. The van der Waals surface area contributed by atoms with Crippen molar-refractivity contribution in [3.05, 3.63) is 0 Å². The fraction of sp³-hybridized carbons (Fsp3) is 0.933. The summed E-state index contributed by atoms with van der Waals surface area (Å²) in [7, 11) is 4.11. The van der Waals surface area contributed by atoms with Gasteiger partial charge >= 0.3 is 0 Å². The number of hydrogen-bond acceptors (Lipinski definition) is 3. The first-order valence-corrected chi connectivity index (χ1v) is 7.64. The minimum absolute atomic E-state index is 0.301. The van der Waals surface area contributed by atoms with Gasteiger partial charge in [0.25, 0.3) is 0 Å². The Labute approximate surface area is 118 Å². The van der Waals surface area contributed by atoms with E-state index in [1.807, 2.05) is 11.9 Å². The highest BCUT2D eigenvalue weighted by Gasteiger charge is 2.15. The first-order chi connectivity index (χ1) is 8.99.